The van der Waals surface area contributed by atoms with E-state index >= 15 is 0 Å². The number of benzene rings is 2. The zero-order valence-electron chi connectivity index (χ0n) is 17.6. The Labute approximate surface area is 184 Å². The first-order chi connectivity index (χ1) is 14.0. The van der Waals surface area contributed by atoms with Gasteiger partial charge in [0, 0.05) is 33.4 Å². The third-order valence-electron chi connectivity index (χ3n) is 6.05. The Kier molecular flexibility index (Phi) is 4.90. The van der Waals surface area contributed by atoms with Crippen molar-refractivity contribution in [3.05, 3.63) is 67.0 Å². The Morgan fingerprint density at radius 1 is 1.23 bits per heavy atom. The van der Waals surface area contributed by atoms with Gasteiger partial charge in [-0.25, -0.2) is 0 Å². The highest BCUT2D eigenvalue weighted by molar-refractivity contribution is 7.21. The van der Waals surface area contributed by atoms with Gasteiger partial charge in [0.1, 0.15) is 4.88 Å². The summed E-state index contributed by atoms with van der Waals surface area (Å²) in [5.41, 5.74) is 4.03. The maximum absolute atomic E-state index is 13.8. The number of non-ortho nitro benzene ring substituents is 1. The molecule has 0 spiro atoms. The SMILES string of the molecule is Cc1cc2c(cc1C)N(C(=O)c1sc3cc([N+](=O)[O-])ccc3c1Cl)C(C)(C)C[C@@H]2C. The lowest BCUT2D eigenvalue weighted by Crippen LogP contribution is -2.51. The van der Waals surface area contributed by atoms with Gasteiger partial charge < -0.3 is 4.90 Å². The second-order valence-electron chi connectivity index (χ2n) is 8.74. The van der Waals surface area contributed by atoms with Gasteiger partial charge in [0.25, 0.3) is 11.6 Å². The molecule has 1 aromatic heterocycles. The van der Waals surface area contributed by atoms with Crippen LogP contribution in [0.25, 0.3) is 10.1 Å². The molecule has 5 nitrogen and oxygen atoms in total. The predicted molar refractivity (Wildman–Crippen MR) is 123 cm³/mol. The molecule has 1 atom stereocenters. The van der Waals surface area contributed by atoms with Crippen molar-refractivity contribution in [2.45, 2.75) is 52.5 Å². The summed E-state index contributed by atoms with van der Waals surface area (Å²) in [6, 6.07) is 8.79. The molecule has 2 heterocycles. The molecule has 3 aromatic rings. The van der Waals surface area contributed by atoms with Gasteiger partial charge in [0.15, 0.2) is 0 Å². The van der Waals surface area contributed by atoms with E-state index in [-0.39, 0.29) is 11.6 Å². The van der Waals surface area contributed by atoms with E-state index < -0.39 is 10.5 Å². The van der Waals surface area contributed by atoms with Gasteiger partial charge in [-0.2, -0.15) is 0 Å². The molecule has 1 amide bonds. The number of thiophene rings is 1. The van der Waals surface area contributed by atoms with E-state index in [9.17, 15) is 14.9 Å². The van der Waals surface area contributed by atoms with Crippen LogP contribution >= 0.6 is 22.9 Å². The number of nitrogens with zero attached hydrogens (tertiary/aromatic N) is 2. The number of nitro benzene ring substituents is 1. The summed E-state index contributed by atoms with van der Waals surface area (Å²) in [6.45, 7) is 10.5. The first kappa shape index (κ1) is 20.8. The lowest BCUT2D eigenvalue weighted by Gasteiger charge is -2.46. The van der Waals surface area contributed by atoms with Crippen molar-refractivity contribution in [3.8, 4) is 0 Å². The van der Waals surface area contributed by atoms with Crippen LogP contribution in [-0.4, -0.2) is 16.4 Å². The van der Waals surface area contributed by atoms with Crippen LogP contribution in [0.15, 0.2) is 30.3 Å². The Balaban J connectivity index is 1.88. The quantitative estimate of drug-likeness (QED) is 0.316. The largest absolute Gasteiger partial charge is 0.302 e. The van der Waals surface area contributed by atoms with Gasteiger partial charge in [0.05, 0.1) is 9.95 Å². The van der Waals surface area contributed by atoms with Crippen molar-refractivity contribution in [1.82, 2.24) is 0 Å². The number of fused-ring (bicyclic) bond motifs is 2. The number of halogens is 1. The Morgan fingerprint density at radius 3 is 2.57 bits per heavy atom. The first-order valence-electron chi connectivity index (χ1n) is 9.83. The van der Waals surface area contributed by atoms with Crippen LogP contribution in [0.3, 0.4) is 0 Å². The Bertz CT molecular complexity index is 1210. The smallest absolute Gasteiger partial charge is 0.270 e. The molecule has 0 fully saturated rings. The van der Waals surface area contributed by atoms with Crippen LogP contribution in [0.5, 0.6) is 0 Å². The highest BCUT2D eigenvalue weighted by atomic mass is 35.5. The van der Waals surface area contributed by atoms with Gasteiger partial charge in [-0.1, -0.05) is 24.6 Å². The molecule has 2 aromatic carbocycles. The molecule has 7 heteroatoms. The predicted octanol–water partition coefficient (Wildman–Crippen LogP) is 7.01. The third kappa shape index (κ3) is 3.19. The minimum Gasteiger partial charge on any atom is -0.302 e. The van der Waals surface area contributed by atoms with E-state index in [4.69, 9.17) is 11.6 Å². The third-order valence-corrected chi connectivity index (χ3v) is 7.69. The van der Waals surface area contributed by atoms with Crippen LogP contribution in [-0.2, 0) is 0 Å². The lowest BCUT2D eigenvalue weighted by atomic mass is 9.79. The normalized spacial score (nSPS) is 17.8. The maximum atomic E-state index is 13.8. The number of aryl methyl sites for hydroxylation is 2. The van der Waals surface area contributed by atoms with Gasteiger partial charge in [0.2, 0.25) is 0 Å². The Morgan fingerprint density at radius 2 is 1.90 bits per heavy atom. The van der Waals surface area contributed by atoms with Crippen LogP contribution < -0.4 is 4.90 Å². The number of rotatable bonds is 2. The topological polar surface area (TPSA) is 63.5 Å². The second-order valence-corrected chi connectivity index (χ2v) is 10.2. The number of carbonyl (C=O) groups is 1. The fraction of sp³-hybridized carbons (Fsp3) is 0.348. The standard InChI is InChI=1S/C23H23ClN2O3S/c1-12-8-17-14(3)11-23(4,5)25(18(17)9-13(12)2)22(27)21-20(24)16-7-6-15(26(28)29)10-19(16)30-21/h6-10,14H,11H2,1-5H3/t14-/m0/s1. The van der Waals surface area contributed by atoms with Crippen molar-refractivity contribution in [1.29, 1.82) is 0 Å². The molecule has 0 radical (unpaired) electrons. The average molecular weight is 443 g/mol. The van der Waals surface area contributed by atoms with Gasteiger partial charge in [-0.15, -0.1) is 11.3 Å². The minimum atomic E-state index is -0.439. The summed E-state index contributed by atoms with van der Waals surface area (Å²) < 4.78 is 0.640. The zero-order valence-corrected chi connectivity index (χ0v) is 19.1. The highest BCUT2D eigenvalue weighted by Gasteiger charge is 2.41. The van der Waals surface area contributed by atoms with E-state index in [0.29, 0.717) is 25.9 Å². The summed E-state index contributed by atoms with van der Waals surface area (Å²) >= 11 is 7.81. The first-order valence-corrected chi connectivity index (χ1v) is 11.0. The Hall–Kier alpha value is -2.44. The molecule has 156 valence electrons. The van der Waals surface area contributed by atoms with E-state index in [1.807, 2.05) is 4.90 Å². The molecule has 0 N–H and O–H groups in total. The number of hydrogen-bond donors (Lipinski definition) is 0. The van der Waals surface area contributed by atoms with Crippen molar-refractivity contribution in [2.24, 2.45) is 0 Å². The zero-order chi connectivity index (χ0) is 22.0. The van der Waals surface area contributed by atoms with Gasteiger partial charge >= 0.3 is 0 Å². The van der Waals surface area contributed by atoms with Crippen LogP contribution in [0.4, 0.5) is 11.4 Å². The molecule has 0 saturated carbocycles. The van der Waals surface area contributed by atoms with E-state index in [0.717, 1.165) is 17.7 Å². The number of carbonyl (C=O) groups excluding carboxylic acids is 1. The molecule has 0 aliphatic carbocycles. The second kappa shape index (κ2) is 7.06. The maximum Gasteiger partial charge on any atom is 0.270 e. The fourth-order valence-corrected chi connectivity index (χ4v) is 5.95. The number of hydrogen-bond acceptors (Lipinski definition) is 4. The molecule has 0 unspecified atom stereocenters. The van der Waals surface area contributed by atoms with Crippen LogP contribution in [0.1, 0.15) is 59.5 Å². The number of nitro groups is 1. The molecule has 30 heavy (non-hydrogen) atoms. The van der Waals surface area contributed by atoms with Crippen molar-refractivity contribution in [2.75, 3.05) is 4.90 Å². The molecule has 4 rings (SSSR count). The number of anilines is 1. The summed E-state index contributed by atoms with van der Waals surface area (Å²) in [5, 5.41) is 12.2. The van der Waals surface area contributed by atoms with Gasteiger partial charge in [-0.3, -0.25) is 14.9 Å². The van der Waals surface area contributed by atoms with Crippen molar-refractivity contribution >= 4 is 50.3 Å². The molecule has 1 aliphatic rings. The summed E-state index contributed by atoms with van der Waals surface area (Å²) in [7, 11) is 0. The average Bonchev–Trinajstić information content (AvgIpc) is 2.99. The lowest BCUT2D eigenvalue weighted by molar-refractivity contribution is -0.384. The minimum absolute atomic E-state index is 0.0111. The summed E-state index contributed by atoms with van der Waals surface area (Å²) in [4.78, 5) is 26.8. The van der Waals surface area contributed by atoms with E-state index in [1.54, 1.807) is 6.07 Å². The molecular formula is C23H23ClN2O3S. The monoisotopic (exact) mass is 442 g/mol. The highest BCUT2D eigenvalue weighted by Crippen LogP contribution is 2.47. The number of amides is 1. The molecule has 0 saturated heterocycles. The summed E-state index contributed by atoms with van der Waals surface area (Å²) in [5.74, 6) is 0.170. The molecule has 0 bridgehead atoms. The fourth-order valence-electron chi connectivity index (χ4n) is 4.48. The van der Waals surface area contributed by atoms with Crippen LogP contribution in [0, 0.1) is 24.0 Å². The van der Waals surface area contributed by atoms with E-state index in [2.05, 4.69) is 46.8 Å². The molecular weight excluding hydrogens is 420 g/mol. The molecule has 1 aliphatic heterocycles. The van der Waals surface area contributed by atoms with Crippen molar-refractivity contribution < 1.29 is 9.72 Å². The van der Waals surface area contributed by atoms with Crippen molar-refractivity contribution in [3.63, 3.8) is 0 Å². The van der Waals surface area contributed by atoms with Crippen LogP contribution in [0.2, 0.25) is 5.02 Å². The summed E-state index contributed by atoms with van der Waals surface area (Å²) in [6.07, 6.45) is 0.836. The van der Waals surface area contributed by atoms with Gasteiger partial charge in [-0.05, 0) is 68.9 Å². The van der Waals surface area contributed by atoms with E-state index in [1.165, 1.54) is 34.6 Å².